The van der Waals surface area contributed by atoms with E-state index in [2.05, 4.69) is 0 Å². The molecule has 22 heavy (non-hydrogen) atoms. The molecule has 3 amide bonds. The highest BCUT2D eigenvalue weighted by Gasteiger charge is 2.34. The Balaban J connectivity index is 1.99. The van der Waals surface area contributed by atoms with Gasteiger partial charge in [-0.3, -0.25) is 24.8 Å². The minimum atomic E-state index is -0.766. The summed E-state index contributed by atoms with van der Waals surface area (Å²) in [5.41, 5.74) is 3.46. The SMILES string of the molecule is O=C(NO)c1ccc(-c2ccc3c(c2)C(=O)N(O)C3=O)cc1. The van der Waals surface area contributed by atoms with Crippen molar-refractivity contribution in [1.82, 2.24) is 10.5 Å². The van der Waals surface area contributed by atoms with Gasteiger partial charge in [-0.1, -0.05) is 18.2 Å². The second kappa shape index (κ2) is 5.06. The summed E-state index contributed by atoms with van der Waals surface area (Å²) >= 11 is 0. The first-order valence-electron chi connectivity index (χ1n) is 6.29. The number of carbonyl (C=O) groups excluding carboxylic acids is 3. The third-order valence-electron chi connectivity index (χ3n) is 3.45. The van der Waals surface area contributed by atoms with Crippen molar-refractivity contribution in [3.05, 3.63) is 59.2 Å². The summed E-state index contributed by atoms with van der Waals surface area (Å²) in [6.07, 6.45) is 0. The Hall–Kier alpha value is -3.03. The lowest BCUT2D eigenvalue weighted by Gasteiger charge is -2.05. The zero-order valence-corrected chi connectivity index (χ0v) is 11.1. The largest absolute Gasteiger partial charge is 0.288 e. The Bertz CT molecular complexity index is 798. The molecule has 0 aliphatic carbocycles. The van der Waals surface area contributed by atoms with Gasteiger partial charge in [0.15, 0.2) is 0 Å². The molecule has 0 spiro atoms. The van der Waals surface area contributed by atoms with Crippen LogP contribution in [-0.2, 0) is 0 Å². The van der Waals surface area contributed by atoms with Crippen LogP contribution >= 0.6 is 0 Å². The van der Waals surface area contributed by atoms with Crippen molar-refractivity contribution in [3.8, 4) is 11.1 Å². The van der Waals surface area contributed by atoms with Gasteiger partial charge in [-0.05, 0) is 35.4 Å². The molecule has 0 saturated heterocycles. The maximum absolute atomic E-state index is 11.7. The van der Waals surface area contributed by atoms with Crippen LogP contribution in [0.2, 0.25) is 0 Å². The third-order valence-corrected chi connectivity index (χ3v) is 3.45. The van der Waals surface area contributed by atoms with Crippen molar-refractivity contribution in [1.29, 1.82) is 0 Å². The number of hydrogen-bond donors (Lipinski definition) is 3. The minimum Gasteiger partial charge on any atom is -0.288 e. The zero-order chi connectivity index (χ0) is 15.9. The number of fused-ring (bicyclic) bond motifs is 1. The summed E-state index contributed by atoms with van der Waals surface area (Å²) in [6, 6.07) is 10.9. The monoisotopic (exact) mass is 298 g/mol. The fourth-order valence-corrected chi connectivity index (χ4v) is 2.29. The summed E-state index contributed by atoms with van der Waals surface area (Å²) in [6.45, 7) is 0. The van der Waals surface area contributed by atoms with Crippen molar-refractivity contribution < 1.29 is 24.8 Å². The van der Waals surface area contributed by atoms with Gasteiger partial charge in [-0.2, -0.15) is 0 Å². The lowest BCUT2D eigenvalue weighted by molar-refractivity contribution is -0.0327. The van der Waals surface area contributed by atoms with Gasteiger partial charge < -0.3 is 0 Å². The fourth-order valence-electron chi connectivity index (χ4n) is 2.29. The maximum Gasteiger partial charge on any atom is 0.285 e. The van der Waals surface area contributed by atoms with Gasteiger partial charge in [0, 0.05) is 5.56 Å². The van der Waals surface area contributed by atoms with Crippen LogP contribution in [0.4, 0.5) is 0 Å². The number of carbonyl (C=O) groups is 3. The van der Waals surface area contributed by atoms with Crippen molar-refractivity contribution >= 4 is 17.7 Å². The molecule has 3 rings (SSSR count). The number of nitrogens with zero attached hydrogens (tertiary/aromatic N) is 1. The Morgan fingerprint density at radius 3 is 2.14 bits per heavy atom. The van der Waals surface area contributed by atoms with Crippen LogP contribution in [0.25, 0.3) is 11.1 Å². The second-order valence-electron chi connectivity index (χ2n) is 4.70. The van der Waals surface area contributed by atoms with E-state index in [1.807, 2.05) is 0 Å². The number of rotatable bonds is 2. The van der Waals surface area contributed by atoms with E-state index < -0.39 is 17.7 Å². The molecule has 7 nitrogen and oxygen atoms in total. The molecule has 2 aromatic rings. The van der Waals surface area contributed by atoms with E-state index in [9.17, 15) is 19.6 Å². The van der Waals surface area contributed by atoms with Gasteiger partial charge in [-0.15, -0.1) is 5.06 Å². The quantitative estimate of drug-likeness (QED) is 0.442. The molecule has 7 heteroatoms. The highest BCUT2D eigenvalue weighted by Crippen LogP contribution is 2.28. The third kappa shape index (κ3) is 2.05. The highest BCUT2D eigenvalue weighted by atomic mass is 16.5. The summed E-state index contributed by atoms with van der Waals surface area (Å²) in [5, 5.41) is 18.0. The molecular formula is C15H10N2O5. The van der Waals surface area contributed by atoms with Gasteiger partial charge in [-0.25, -0.2) is 5.48 Å². The molecule has 1 heterocycles. The Kier molecular flexibility index (Phi) is 3.21. The number of amides is 3. The fraction of sp³-hybridized carbons (Fsp3) is 0. The van der Waals surface area contributed by atoms with Gasteiger partial charge in [0.2, 0.25) is 0 Å². The van der Waals surface area contributed by atoms with Crippen LogP contribution in [0, 0.1) is 0 Å². The summed E-state index contributed by atoms with van der Waals surface area (Å²) < 4.78 is 0. The number of nitrogens with one attached hydrogen (secondary N) is 1. The Morgan fingerprint density at radius 2 is 1.50 bits per heavy atom. The smallest absolute Gasteiger partial charge is 0.285 e. The molecule has 3 N–H and O–H groups in total. The molecule has 0 radical (unpaired) electrons. The lowest BCUT2D eigenvalue weighted by Crippen LogP contribution is -2.25. The minimum absolute atomic E-state index is 0.0864. The van der Waals surface area contributed by atoms with E-state index in [0.29, 0.717) is 11.1 Å². The zero-order valence-electron chi connectivity index (χ0n) is 11.1. The van der Waals surface area contributed by atoms with E-state index in [0.717, 1.165) is 0 Å². The molecule has 2 aromatic carbocycles. The molecule has 0 saturated carbocycles. The van der Waals surface area contributed by atoms with Gasteiger partial charge in [0.25, 0.3) is 17.7 Å². The average molecular weight is 298 g/mol. The van der Waals surface area contributed by atoms with Crippen LogP contribution in [0.1, 0.15) is 31.1 Å². The van der Waals surface area contributed by atoms with Crippen LogP contribution in [0.15, 0.2) is 42.5 Å². The molecule has 0 bridgehead atoms. The second-order valence-corrected chi connectivity index (χ2v) is 4.70. The molecule has 110 valence electrons. The molecule has 1 aliphatic rings. The van der Waals surface area contributed by atoms with Gasteiger partial charge in [0.05, 0.1) is 11.1 Å². The van der Waals surface area contributed by atoms with E-state index >= 15 is 0 Å². The average Bonchev–Trinajstić information content (AvgIpc) is 2.78. The molecule has 0 fully saturated rings. The number of hydroxylamine groups is 3. The molecule has 1 aliphatic heterocycles. The van der Waals surface area contributed by atoms with Crippen molar-refractivity contribution in [2.24, 2.45) is 0 Å². The van der Waals surface area contributed by atoms with Crippen molar-refractivity contribution in [3.63, 3.8) is 0 Å². The normalized spacial score (nSPS) is 13.3. The highest BCUT2D eigenvalue weighted by molar-refractivity contribution is 6.20. The van der Waals surface area contributed by atoms with Crippen LogP contribution < -0.4 is 5.48 Å². The summed E-state index contributed by atoms with van der Waals surface area (Å²) in [4.78, 5) is 34.6. The molecule has 0 aromatic heterocycles. The number of hydrogen-bond acceptors (Lipinski definition) is 5. The lowest BCUT2D eigenvalue weighted by atomic mass is 9.99. The van der Waals surface area contributed by atoms with E-state index in [1.54, 1.807) is 18.2 Å². The molecule has 0 atom stereocenters. The van der Waals surface area contributed by atoms with Gasteiger partial charge in [0.1, 0.15) is 0 Å². The van der Waals surface area contributed by atoms with Gasteiger partial charge >= 0.3 is 0 Å². The summed E-state index contributed by atoms with van der Waals surface area (Å²) in [7, 11) is 0. The van der Waals surface area contributed by atoms with Crippen molar-refractivity contribution in [2.45, 2.75) is 0 Å². The van der Waals surface area contributed by atoms with Crippen LogP contribution in [0.3, 0.4) is 0 Å². The first-order valence-corrected chi connectivity index (χ1v) is 6.29. The molecular weight excluding hydrogens is 288 g/mol. The first-order chi connectivity index (χ1) is 10.5. The topological polar surface area (TPSA) is 107 Å². The Labute approximate surface area is 124 Å². The predicted octanol–water partition coefficient (Wildman–Crippen LogP) is 1.46. The maximum atomic E-state index is 11.7. The van der Waals surface area contributed by atoms with E-state index in [1.165, 1.54) is 29.7 Å². The van der Waals surface area contributed by atoms with Crippen LogP contribution in [-0.4, -0.2) is 33.2 Å². The van der Waals surface area contributed by atoms with E-state index in [-0.39, 0.29) is 21.8 Å². The molecule has 0 unspecified atom stereocenters. The first kappa shape index (κ1) is 13.9. The number of benzene rings is 2. The standard InChI is InChI=1S/C15H10N2O5/c18-13(16-21)9-3-1-8(2-4-9)10-5-6-11-12(7-10)15(20)17(22)14(11)19/h1-7,21-22H,(H,16,18). The predicted molar refractivity (Wildman–Crippen MR) is 73.4 cm³/mol. The van der Waals surface area contributed by atoms with E-state index in [4.69, 9.17) is 5.21 Å². The Morgan fingerprint density at radius 1 is 0.909 bits per heavy atom. The summed E-state index contributed by atoms with van der Waals surface area (Å²) in [5.74, 6) is -2.14. The van der Waals surface area contributed by atoms with Crippen LogP contribution in [0.5, 0.6) is 0 Å². The number of imide groups is 1. The van der Waals surface area contributed by atoms with Crippen molar-refractivity contribution in [2.75, 3.05) is 0 Å².